The number of hydrogen-bond acceptors (Lipinski definition) is 4. The molecular weight excluding hydrogens is 278 g/mol. The van der Waals surface area contributed by atoms with E-state index in [0.29, 0.717) is 12.0 Å². The first-order valence-corrected chi connectivity index (χ1v) is 9.06. The number of rotatable bonds is 7. The molecule has 128 valence electrons. The summed E-state index contributed by atoms with van der Waals surface area (Å²) in [6.07, 6.45) is 4.46. The summed E-state index contributed by atoms with van der Waals surface area (Å²) in [4.78, 5) is 14.9. The van der Waals surface area contributed by atoms with Crippen LogP contribution in [-0.2, 0) is 9.53 Å². The third-order valence-corrected chi connectivity index (χ3v) is 5.26. The lowest BCUT2D eigenvalue weighted by molar-refractivity contribution is -0.126. The van der Waals surface area contributed by atoms with Crippen LogP contribution in [0.3, 0.4) is 0 Å². The number of ether oxygens (including phenoxy) is 1. The van der Waals surface area contributed by atoms with E-state index in [-0.39, 0.29) is 11.8 Å². The Morgan fingerprint density at radius 1 is 1.32 bits per heavy atom. The van der Waals surface area contributed by atoms with Crippen molar-refractivity contribution in [2.75, 3.05) is 45.9 Å². The van der Waals surface area contributed by atoms with E-state index in [0.717, 1.165) is 58.8 Å². The second-order valence-electron chi connectivity index (χ2n) is 6.58. The van der Waals surface area contributed by atoms with Crippen LogP contribution in [0, 0.1) is 11.8 Å². The molecule has 5 nitrogen and oxygen atoms in total. The molecule has 2 aliphatic heterocycles. The summed E-state index contributed by atoms with van der Waals surface area (Å²) in [7, 11) is 0. The summed E-state index contributed by atoms with van der Waals surface area (Å²) >= 11 is 0. The molecule has 2 heterocycles. The van der Waals surface area contributed by atoms with Crippen LogP contribution >= 0.6 is 0 Å². The summed E-state index contributed by atoms with van der Waals surface area (Å²) < 4.78 is 5.48. The van der Waals surface area contributed by atoms with Crippen LogP contribution in [-0.4, -0.2) is 62.8 Å². The molecule has 2 atom stereocenters. The minimum atomic E-state index is 0.154. The number of carbonyl (C=O) groups excluding carboxylic acids is 1. The zero-order chi connectivity index (χ0) is 15.8. The van der Waals surface area contributed by atoms with Crippen LogP contribution in [0.4, 0.5) is 0 Å². The number of nitrogens with one attached hydrogen (secondary N) is 2. The van der Waals surface area contributed by atoms with Gasteiger partial charge in [0.25, 0.3) is 0 Å². The van der Waals surface area contributed by atoms with Gasteiger partial charge >= 0.3 is 0 Å². The number of hydrogen-bond donors (Lipinski definition) is 2. The van der Waals surface area contributed by atoms with Crippen molar-refractivity contribution in [1.29, 1.82) is 0 Å². The predicted molar refractivity (Wildman–Crippen MR) is 88.9 cm³/mol. The van der Waals surface area contributed by atoms with Gasteiger partial charge in [0.2, 0.25) is 5.91 Å². The maximum atomic E-state index is 12.4. The lowest BCUT2D eigenvalue weighted by Crippen LogP contribution is -2.53. The molecule has 0 aromatic rings. The summed E-state index contributed by atoms with van der Waals surface area (Å²) in [5, 5.41) is 6.56. The van der Waals surface area contributed by atoms with Crippen LogP contribution in [0.25, 0.3) is 0 Å². The van der Waals surface area contributed by atoms with E-state index in [2.05, 4.69) is 29.4 Å². The van der Waals surface area contributed by atoms with Crippen molar-refractivity contribution in [3.8, 4) is 0 Å². The third-order valence-electron chi connectivity index (χ3n) is 5.26. The highest BCUT2D eigenvalue weighted by atomic mass is 16.5. The predicted octanol–water partition coefficient (Wildman–Crippen LogP) is 1.24. The molecule has 2 aliphatic rings. The summed E-state index contributed by atoms with van der Waals surface area (Å²) in [5.41, 5.74) is 0. The maximum Gasteiger partial charge on any atom is 0.224 e. The van der Waals surface area contributed by atoms with E-state index in [1.165, 1.54) is 12.8 Å². The molecule has 0 aliphatic carbocycles. The third kappa shape index (κ3) is 4.93. The molecule has 0 aromatic carbocycles. The molecule has 0 aromatic heterocycles. The zero-order valence-corrected chi connectivity index (χ0v) is 14.3. The summed E-state index contributed by atoms with van der Waals surface area (Å²) in [5.74, 6) is 1.03. The molecule has 2 unspecified atom stereocenters. The van der Waals surface area contributed by atoms with Crippen molar-refractivity contribution < 1.29 is 9.53 Å². The normalized spacial score (nSPS) is 25.1. The minimum absolute atomic E-state index is 0.154. The highest BCUT2D eigenvalue weighted by Crippen LogP contribution is 2.20. The maximum absolute atomic E-state index is 12.4. The Kier molecular flexibility index (Phi) is 7.63. The van der Waals surface area contributed by atoms with Gasteiger partial charge < -0.3 is 15.4 Å². The first-order valence-electron chi connectivity index (χ1n) is 9.06. The number of carbonyl (C=O) groups is 1. The highest BCUT2D eigenvalue weighted by Gasteiger charge is 2.28. The van der Waals surface area contributed by atoms with Gasteiger partial charge in [0.1, 0.15) is 0 Å². The largest absolute Gasteiger partial charge is 0.379 e. The van der Waals surface area contributed by atoms with E-state index in [9.17, 15) is 4.79 Å². The van der Waals surface area contributed by atoms with Crippen molar-refractivity contribution in [2.24, 2.45) is 11.8 Å². The number of piperidine rings is 1. The highest BCUT2D eigenvalue weighted by molar-refractivity contribution is 5.79. The zero-order valence-electron chi connectivity index (χ0n) is 14.3. The molecule has 22 heavy (non-hydrogen) atoms. The van der Waals surface area contributed by atoms with Gasteiger partial charge in [-0.15, -0.1) is 0 Å². The summed E-state index contributed by atoms with van der Waals surface area (Å²) in [6, 6.07) is 0.444. The van der Waals surface area contributed by atoms with Gasteiger partial charge in [-0.25, -0.2) is 0 Å². The first kappa shape index (κ1) is 17.7. The van der Waals surface area contributed by atoms with Gasteiger partial charge in [0.15, 0.2) is 0 Å². The molecule has 2 rings (SSSR count). The van der Waals surface area contributed by atoms with Gasteiger partial charge in [0.05, 0.1) is 19.1 Å². The van der Waals surface area contributed by atoms with Crippen LogP contribution < -0.4 is 10.6 Å². The van der Waals surface area contributed by atoms with E-state index >= 15 is 0 Å². The van der Waals surface area contributed by atoms with Crippen LogP contribution in [0.15, 0.2) is 0 Å². The molecule has 2 fully saturated rings. The Morgan fingerprint density at radius 3 is 2.64 bits per heavy atom. The quantitative estimate of drug-likeness (QED) is 0.743. The van der Waals surface area contributed by atoms with Gasteiger partial charge in [-0.3, -0.25) is 9.69 Å². The van der Waals surface area contributed by atoms with Gasteiger partial charge in [-0.2, -0.15) is 0 Å². The van der Waals surface area contributed by atoms with Crippen LogP contribution in [0.5, 0.6) is 0 Å². The SMILES string of the molecule is CCC(CC)C(CNC(=O)C1CCCNC1)N1CCOCC1. The van der Waals surface area contributed by atoms with Crippen molar-refractivity contribution in [3.05, 3.63) is 0 Å². The van der Waals surface area contributed by atoms with Crippen LogP contribution in [0.2, 0.25) is 0 Å². The van der Waals surface area contributed by atoms with Crippen molar-refractivity contribution in [3.63, 3.8) is 0 Å². The van der Waals surface area contributed by atoms with E-state index in [4.69, 9.17) is 4.74 Å². The molecule has 0 saturated carbocycles. The fourth-order valence-corrected chi connectivity index (χ4v) is 3.76. The Bertz CT molecular complexity index is 322. The first-order chi connectivity index (χ1) is 10.8. The second kappa shape index (κ2) is 9.48. The van der Waals surface area contributed by atoms with Crippen LogP contribution in [0.1, 0.15) is 39.5 Å². The lowest BCUT2D eigenvalue weighted by atomic mass is 9.92. The standard InChI is InChI=1S/C17H33N3O2/c1-3-14(4-2)16(20-8-10-22-11-9-20)13-19-17(21)15-6-5-7-18-12-15/h14-16,18H,3-13H2,1-2H3,(H,19,21). The molecule has 0 bridgehead atoms. The van der Waals surface area contributed by atoms with Crippen molar-refractivity contribution in [1.82, 2.24) is 15.5 Å². The molecular formula is C17H33N3O2. The second-order valence-corrected chi connectivity index (χ2v) is 6.58. The Balaban J connectivity index is 1.88. The number of amides is 1. The molecule has 0 spiro atoms. The fraction of sp³-hybridized carbons (Fsp3) is 0.941. The number of nitrogens with zero attached hydrogens (tertiary/aromatic N) is 1. The van der Waals surface area contributed by atoms with E-state index in [1.54, 1.807) is 0 Å². The van der Waals surface area contributed by atoms with Crippen molar-refractivity contribution in [2.45, 2.75) is 45.6 Å². The smallest absolute Gasteiger partial charge is 0.224 e. The Labute approximate surface area is 135 Å². The van der Waals surface area contributed by atoms with E-state index < -0.39 is 0 Å². The van der Waals surface area contributed by atoms with E-state index in [1.807, 2.05) is 0 Å². The molecule has 2 saturated heterocycles. The molecule has 5 heteroatoms. The molecule has 1 amide bonds. The average Bonchev–Trinajstić information content (AvgIpc) is 2.60. The van der Waals surface area contributed by atoms with Gasteiger partial charge in [0, 0.05) is 32.2 Å². The molecule has 0 radical (unpaired) electrons. The van der Waals surface area contributed by atoms with Crippen molar-refractivity contribution >= 4 is 5.91 Å². The topological polar surface area (TPSA) is 53.6 Å². The monoisotopic (exact) mass is 311 g/mol. The Hall–Kier alpha value is -0.650. The average molecular weight is 311 g/mol. The lowest BCUT2D eigenvalue weighted by Gasteiger charge is -2.39. The van der Waals surface area contributed by atoms with Gasteiger partial charge in [-0.1, -0.05) is 26.7 Å². The Morgan fingerprint density at radius 2 is 2.05 bits per heavy atom. The molecule has 2 N–H and O–H groups in total. The number of morpholine rings is 1. The minimum Gasteiger partial charge on any atom is -0.379 e. The summed E-state index contributed by atoms with van der Waals surface area (Å²) in [6.45, 7) is 10.8. The van der Waals surface area contributed by atoms with Gasteiger partial charge in [-0.05, 0) is 25.3 Å². The fourth-order valence-electron chi connectivity index (χ4n) is 3.76.